The minimum absolute atomic E-state index is 0. The van der Waals surface area contributed by atoms with E-state index < -0.39 is 0 Å². The molecule has 0 bridgehead atoms. The molecule has 0 radical (unpaired) electrons. The maximum Gasteiger partial charge on any atom is 0.234 e. The zero-order valence-corrected chi connectivity index (χ0v) is 12.5. The van der Waals surface area contributed by atoms with Gasteiger partial charge in [0.2, 0.25) is 5.91 Å². The first-order chi connectivity index (χ1) is 8.65. The van der Waals surface area contributed by atoms with Gasteiger partial charge >= 0.3 is 0 Å². The molecule has 2 rings (SSSR count). The average Bonchev–Trinajstić information content (AvgIpc) is 3.12. The Balaban J connectivity index is 0.00000180. The van der Waals surface area contributed by atoms with Gasteiger partial charge in [-0.3, -0.25) is 4.79 Å². The number of nitrogens with one attached hydrogen (secondary N) is 2. The summed E-state index contributed by atoms with van der Waals surface area (Å²) in [5.74, 6) is 0.896. The van der Waals surface area contributed by atoms with Gasteiger partial charge < -0.3 is 10.6 Å². The van der Waals surface area contributed by atoms with Gasteiger partial charge in [0.15, 0.2) is 0 Å². The Labute approximate surface area is 121 Å². The summed E-state index contributed by atoms with van der Waals surface area (Å²) in [5, 5.41) is 6.15. The van der Waals surface area contributed by atoms with Crippen molar-refractivity contribution in [2.24, 2.45) is 5.92 Å². The highest BCUT2D eigenvalue weighted by Gasteiger charge is 2.20. The van der Waals surface area contributed by atoms with Crippen LogP contribution >= 0.6 is 12.4 Å². The van der Waals surface area contributed by atoms with Crippen LogP contribution in [0, 0.1) is 19.8 Å². The summed E-state index contributed by atoms with van der Waals surface area (Å²) >= 11 is 0. The summed E-state index contributed by atoms with van der Waals surface area (Å²) in [6, 6.07) is 6.31. The highest BCUT2D eigenvalue weighted by molar-refractivity contribution is 5.85. The van der Waals surface area contributed by atoms with Crippen molar-refractivity contribution in [1.82, 2.24) is 10.6 Å². The fraction of sp³-hybridized carbons (Fsp3) is 0.533. The van der Waals surface area contributed by atoms with Crippen LogP contribution < -0.4 is 10.6 Å². The van der Waals surface area contributed by atoms with Gasteiger partial charge in [-0.1, -0.05) is 23.8 Å². The second kappa shape index (κ2) is 7.51. The largest absolute Gasteiger partial charge is 0.351 e. The lowest BCUT2D eigenvalue weighted by molar-refractivity contribution is -0.120. The molecule has 3 nitrogen and oxygen atoms in total. The molecule has 1 fully saturated rings. The SMILES string of the molecule is Cc1ccc(CNC(=O)CNCC2CC2)c(C)c1.Cl. The summed E-state index contributed by atoms with van der Waals surface area (Å²) in [5.41, 5.74) is 3.69. The molecule has 0 saturated heterocycles. The molecule has 19 heavy (non-hydrogen) atoms. The van der Waals surface area contributed by atoms with Crippen molar-refractivity contribution in [2.75, 3.05) is 13.1 Å². The first-order valence-electron chi connectivity index (χ1n) is 6.68. The minimum Gasteiger partial charge on any atom is -0.351 e. The Bertz CT molecular complexity index is 430. The summed E-state index contributed by atoms with van der Waals surface area (Å²) in [7, 11) is 0. The highest BCUT2D eigenvalue weighted by atomic mass is 35.5. The predicted octanol–water partition coefficient (Wildman–Crippen LogP) is 2.34. The van der Waals surface area contributed by atoms with Crippen LogP contribution in [-0.4, -0.2) is 19.0 Å². The first-order valence-corrected chi connectivity index (χ1v) is 6.68. The number of halogens is 1. The van der Waals surface area contributed by atoms with E-state index in [1.807, 2.05) is 0 Å². The number of benzene rings is 1. The lowest BCUT2D eigenvalue weighted by Crippen LogP contribution is -2.34. The third kappa shape index (κ3) is 5.62. The van der Waals surface area contributed by atoms with E-state index in [4.69, 9.17) is 0 Å². The number of hydrogen-bond donors (Lipinski definition) is 2. The van der Waals surface area contributed by atoms with E-state index in [1.165, 1.54) is 29.5 Å². The smallest absolute Gasteiger partial charge is 0.234 e. The Kier molecular flexibility index (Phi) is 6.32. The maximum absolute atomic E-state index is 11.6. The lowest BCUT2D eigenvalue weighted by Gasteiger charge is -2.09. The molecule has 1 aromatic rings. The van der Waals surface area contributed by atoms with Crippen LogP contribution in [-0.2, 0) is 11.3 Å². The van der Waals surface area contributed by atoms with Crippen LogP contribution in [0.3, 0.4) is 0 Å². The van der Waals surface area contributed by atoms with E-state index in [2.05, 4.69) is 42.7 Å². The first kappa shape index (κ1) is 16.0. The Morgan fingerprint density at radius 2 is 2.05 bits per heavy atom. The van der Waals surface area contributed by atoms with Crippen LogP contribution in [0.4, 0.5) is 0 Å². The van der Waals surface area contributed by atoms with E-state index in [0.717, 1.165) is 12.5 Å². The molecular weight excluding hydrogens is 260 g/mol. The van der Waals surface area contributed by atoms with Crippen LogP contribution in [0.1, 0.15) is 29.5 Å². The van der Waals surface area contributed by atoms with E-state index >= 15 is 0 Å². The Morgan fingerprint density at radius 3 is 2.68 bits per heavy atom. The number of aryl methyl sites for hydroxylation is 2. The monoisotopic (exact) mass is 282 g/mol. The molecule has 4 heteroatoms. The minimum atomic E-state index is 0. The second-order valence-corrected chi connectivity index (χ2v) is 5.28. The molecule has 0 unspecified atom stereocenters. The third-order valence-electron chi connectivity index (χ3n) is 3.39. The second-order valence-electron chi connectivity index (χ2n) is 5.28. The molecule has 2 N–H and O–H groups in total. The maximum atomic E-state index is 11.6. The number of rotatable bonds is 6. The van der Waals surface area contributed by atoms with Gasteiger partial charge in [-0.2, -0.15) is 0 Å². The summed E-state index contributed by atoms with van der Waals surface area (Å²) in [4.78, 5) is 11.6. The van der Waals surface area contributed by atoms with Crippen LogP contribution in [0.15, 0.2) is 18.2 Å². The van der Waals surface area contributed by atoms with Crippen molar-refractivity contribution in [2.45, 2.75) is 33.2 Å². The molecule has 106 valence electrons. The molecule has 0 aliphatic heterocycles. The van der Waals surface area contributed by atoms with Crippen LogP contribution in [0.2, 0.25) is 0 Å². The van der Waals surface area contributed by atoms with Crippen molar-refractivity contribution >= 4 is 18.3 Å². The molecular formula is C15H23ClN2O. The van der Waals surface area contributed by atoms with Crippen molar-refractivity contribution in [3.05, 3.63) is 34.9 Å². The molecule has 1 aromatic carbocycles. The molecule has 1 aliphatic rings. The molecule has 0 atom stereocenters. The number of carbonyl (C=O) groups is 1. The zero-order chi connectivity index (χ0) is 13.0. The van der Waals surface area contributed by atoms with Gasteiger partial charge in [0.25, 0.3) is 0 Å². The van der Waals surface area contributed by atoms with Crippen molar-refractivity contribution in [1.29, 1.82) is 0 Å². The lowest BCUT2D eigenvalue weighted by atomic mass is 10.1. The number of hydrogen-bond acceptors (Lipinski definition) is 2. The van der Waals surface area contributed by atoms with E-state index in [0.29, 0.717) is 13.1 Å². The molecule has 1 amide bonds. The summed E-state index contributed by atoms with van der Waals surface area (Å²) in [6.07, 6.45) is 2.63. The number of carbonyl (C=O) groups excluding carboxylic acids is 1. The van der Waals surface area contributed by atoms with E-state index in [1.54, 1.807) is 0 Å². The van der Waals surface area contributed by atoms with Gasteiger partial charge in [0.05, 0.1) is 6.54 Å². The topological polar surface area (TPSA) is 41.1 Å². The van der Waals surface area contributed by atoms with Crippen LogP contribution in [0.25, 0.3) is 0 Å². The van der Waals surface area contributed by atoms with Crippen molar-refractivity contribution < 1.29 is 4.79 Å². The quantitative estimate of drug-likeness (QED) is 0.841. The standard InChI is InChI=1S/C15H22N2O.ClH/c1-11-3-6-14(12(2)7-11)9-17-15(18)10-16-8-13-4-5-13;/h3,6-7,13,16H,4-5,8-10H2,1-2H3,(H,17,18);1H. The third-order valence-corrected chi connectivity index (χ3v) is 3.39. The number of amides is 1. The summed E-state index contributed by atoms with van der Waals surface area (Å²) < 4.78 is 0. The molecule has 1 aliphatic carbocycles. The average molecular weight is 283 g/mol. The van der Waals surface area contributed by atoms with Gasteiger partial charge in [-0.05, 0) is 50.3 Å². The molecule has 1 saturated carbocycles. The Hall–Kier alpha value is -1.06. The van der Waals surface area contributed by atoms with Gasteiger partial charge in [-0.25, -0.2) is 0 Å². The predicted molar refractivity (Wildman–Crippen MR) is 80.6 cm³/mol. The molecule has 0 heterocycles. The fourth-order valence-electron chi connectivity index (χ4n) is 2.01. The highest BCUT2D eigenvalue weighted by Crippen LogP contribution is 2.27. The van der Waals surface area contributed by atoms with E-state index in [-0.39, 0.29) is 18.3 Å². The van der Waals surface area contributed by atoms with Crippen LogP contribution in [0.5, 0.6) is 0 Å². The normalized spacial score (nSPS) is 13.8. The van der Waals surface area contributed by atoms with Gasteiger partial charge in [0, 0.05) is 6.54 Å². The zero-order valence-electron chi connectivity index (χ0n) is 11.7. The fourth-order valence-corrected chi connectivity index (χ4v) is 2.01. The van der Waals surface area contributed by atoms with Crippen molar-refractivity contribution in [3.63, 3.8) is 0 Å². The Morgan fingerprint density at radius 1 is 1.32 bits per heavy atom. The molecule has 0 aromatic heterocycles. The van der Waals surface area contributed by atoms with Gasteiger partial charge in [0.1, 0.15) is 0 Å². The van der Waals surface area contributed by atoms with Gasteiger partial charge in [-0.15, -0.1) is 12.4 Å². The van der Waals surface area contributed by atoms with E-state index in [9.17, 15) is 4.79 Å². The van der Waals surface area contributed by atoms with Crippen molar-refractivity contribution in [3.8, 4) is 0 Å². The molecule has 0 spiro atoms. The summed E-state index contributed by atoms with van der Waals surface area (Å²) in [6.45, 7) is 6.20.